The van der Waals surface area contributed by atoms with Crippen molar-refractivity contribution in [3.05, 3.63) is 59.2 Å². The second-order valence-corrected chi connectivity index (χ2v) is 6.41. The highest BCUT2D eigenvalue weighted by atomic mass is 16.6. The number of ether oxygens (including phenoxy) is 1. The third-order valence-corrected chi connectivity index (χ3v) is 4.31. The maximum atomic E-state index is 12.4. The number of hydrogen-bond acceptors (Lipinski definition) is 2. The Kier molecular flexibility index (Phi) is 4.32. The lowest BCUT2D eigenvalue weighted by Gasteiger charge is -2.32. The van der Waals surface area contributed by atoms with E-state index in [-0.39, 0.29) is 12.1 Å². The molecule has 1 aromatic carbocycles. The Morgan fingerprint density at radius 2 is 2.05 bits per heavy atom. The Morgan fingerprint density at radius 3 is 2.73 bits per heavy atom. The van der Waals surface area contributed by atoms with E-state index in [0.717, 1.165) is 24.8 Å². The zero-order valence-electron chi connectivity index (χ0n) is 13.3. The molecule has 1 fully saturated rings. The van der Waals surface area contributed by atoms with Crippen molar-refractivity contribution in [3.63, 3.8) is 0 Å². The number of allylic oxidation sites excluding steroid dienone is 2. The highest BCUT2D eigenvalue weighted by Gasteiger charge is 2.39. The molecule has 3 rings (SSSR count). The van der Waals surface area contributed by atoms with E-state index in [0.29, 0.717) is 12.6 Å². The number of fused-ring (bicyclic) bond motifs is 2. The summed E-state index contributed by atoms with van der Waals surface area (Å²) in [6.07, 6.45) is 7.36. The van der Waals surface area contributed by atoms with E-state index in [1.165, 1.54) is 11.1 Å². The molecule has 0 aromatic heterocycles. The second kappa shape index (κ2) is 6.39. The van der Waals surface area contributed by atoms with Gasteiger partial charge in [-0.05, 0) is 44.2 Å². The summed E-state index contributed by atoms with van der Waals surface area (Å²) in [7, 11) is 0. The van der Waals surface area contributed by atoms with Gasteiger partial charge in [-0.3, -0.25) is 4.90 Å². The molecule has 0 saturated carbocycles. The molecule has 2 aliphatic heterocycles. The monoisotopic (exact) mass is 297 g/mol. The van der Waals surface area contributed by atoms with Crippen molar-refractivity contribution in [2.45, 2.75) is 51.8 Å². The molecule has 2 bridgehead atoms. The SMILES string of the molecule is CC(C)=CC1=CC2CCC(C1)N2C(=O)OCc1ccccc1. The summed E-state index contributed by atoms with van der Waals surface area (Å²) in [6, 6.07) is 10.3. The van der Waals surface area contributed by atoms with Gasteiger partial charge in [0.15, 0.2) is 0 Å². The molecule has 1 saturated heterocycles. The van der Waals surface area contributed by atoms with Crippen molar-refractivity contribution in [1.82, 2.24) is 4.90 Å². The normalized spacial score (nSPS) is 23.0. The van der Waals surface area contributed by atoms with E-state index < -0.39 is 0 Å². The third kappa shape index (κ3) is 3.24. The summed E-state index contributed by atoms with van der Waals surface area (Å²) >= 11 is 0. The minimum atomic E-state index is -0.177. The third-order valence-electron chi connectivity index (χ3n) is 4.31. The Balaban J connectivity index is 1.65. The van der Waals surface area contributed by atoms with Gasteiger partial charge >= 0.3 is 6.09 Å². The Bertz CT molecular complexity index is 599. The number of carbonyl (C=O) groups is 1. The molecular weight excluding hydrogens is 274 g/mol. The number of carbonyl (C=O) groups excluding carboxylic acids is 1. The average molecular weight is 297 g/mol. The molecule has 0 spiro atoms. The van der Waals surface area contributed by atoms with Crippen LogP contribution in [0.2, 0.25) is 0 Å². The van der Waals surface area contributed by atoms with Gasteiger partial charge in [0.25, 0.3) is 0 Å². The molecule has 2 unspecified atom stereocenters. The molecule has 2 heterocycles. The van der Waals surface area contributed by atoms with Crippen LogP contribution in [0.15, 0.2) is 53.6 Å². The van der Waals surface area contributed by atoms with Crippen molar-refractivity contribution in [2.24, 2.45) is 0 Å². The van der Waals surface area contributed by atoms with Gasteiger partial charge in [0.1, 0.15) is 6.61 Å². The van der Waals surface area contributed by atoms with Crippen LogP contribution < -0.4 is 0 Å². The fourth-order valence-corrected chi connectivity index (χ4v) is 3.42. The molecule has 116 valence electrons. The van der Waals surface area contributed by atoms with E-state index >= 15 is 0 Å². The van der Waals surface area contributed by atoms with Crippen LogP contribution in [0.1, 0.15) is 38.7 Å². The molecule has 2 atom stereocenters. The first-order valence-electron chi connectivity index (χ1n) is 7.98. The maximum Gasteiger partial charge on any atom is 0.410 e. The molecule has 3 nitrogen and oxygen atoms in total. The summed E-state index contributed by atoms with van der Waals surface area (Å²) in [6.45, 7) is 4.58. The lowest BCUT2D eigenvalue weighted by molar-refractivity contribution is 0.0820. The number of amides is 1. The summed E-state index contributed by atoms with van der Waals surface area (Å²) < 4.78 is 5.51. The van der Waals surface area contributed by atoms with Gasteiger partial charge in [-0.2, -0.15) is 0 Å². The fourth-order valence-electron chi connectivity index (χ4n) is 3.42. The van der Waals surface area contributed by atoms with Crippen molar-refractivity contribution >= 4 is 6.09 Å². The van der Waals surface area contributed by atoms with Crippen LogP contribution in [0.25, 0.3) is 0 Å². The van der Waals surface area contributed by atoms with E-state index in [2.05, 4.69) is 26.0 Å². The second-order valence-electron chi connectivity index (χ2n) is 6.41. The maximum absolute atomic E-state index is 12.4. The van der Waals surface area contributed by atoms with Gasteiger partial charge in [0, 0.05) is 6.04 Å². The van der Waals surface area contributed by atoms with Crippen LogP contribution in [0.5, 0.6) is 0 Å². The smallest absolute Gasteiger partial charge is 0.410 e. The number of rotatable bonds is 3. The standard InChI is InChI=1S/C19H23NO2/c1-14(2)10-16-11-17-8-9-18(12-16)20(17)19(21)22-13-15-6-4-3-5-7-15/h3-7,10-11,17-18H,8-9,12-13H2,1-2H3. The van der Waals surface area contributed by atoms with Crippen LogP contribution in [-0.4, -0.2) is 23.1 Å². The molecule has 1 amide bonds. The van der Waals surface area contributed by atoms with Crippen LogP contribution in [0.4, 0.5) is 4.79 Å². The van der Waals surface area contributed by atoms with Gasteiger partial charge in [-0.1, -0.05) is 48.1 Å². The van der Waals surface area contributed by atoms with Crippen molar-refractivity contribution in [1.29, 1.82) is 0 Å². The molecule has 0 N–H and O–H groups in total. The molecule has 3 heteroatoms. The molecule has 1 aromatic rings. The zero-order valence-corrected chi connectivity index (χ0v) is 13.3. The van der Waals surface area contributed by atoms with E-state index in [1.54, 1.807) is 0 Å². The quantitative estimate of drug-likeness (QED) is 0.824. The van der Waals surface area contributed by atoms with Gasteiger partial charge in [0.2, 0.25) is 0 Å². The summed E-state index contributed by atoms with van der Waals surface area (Å²) in [5.41, 5.74) is 3.70. The van der Waals surface area contributed by atoms with Crippen LogP contribution in [0.3, 0.4) is 0 Å². The van der Waals surface area contributed by atoms with Crippen molar-refractivity contribution < 1.29 is 9.53 Å². The van der Waals surface area contributed by atoms with Gasteiger partial charge < -0.3 is 4.74 Å². The summed E-state index contributed by atoms with van der Waals surface area (Å²) in [5, 5.41) is 0. The fraction of sp³-hybridized carbons (Fsp3) is 0.421. The Hall–Kier alpha value is -2.03. The number of nitrogens with zero attached hydrogens (tertiary/aromatic N) is 1. The van der Waals surface area contributed by atoms with E-state index in [9.17, 15) is 4.79 Å². The predicted octanol–water partition coefficient (Wildman–Crippen LogP) is 4.45. The van der Waals surface area contributed by atoms with Crippen molar-refractivity contribution in [3.8, 4) is 0 Å². The van der Waals surface area contributed by atoms with Crippen LogP contribution in [-0.2, 0) is 11.3 Å². The zero-order chi connectivity index (χ0) is 15.5. The number of benzene rings is 1. The Morgan fingerprint density at radius 1 is 1.27 bits per heavy atom. The van der Waals surface area contributed by atoms with E-state index in [4.69, 9.17) is 4.74 Å². The Labute approximate surface area is 132 Å². The van der Waals surface area contributed by atoms with E-state index in [1.807, 2.05) is 35.2 Å². The van der Waals surface area contributed by atoms with Gasteiger partial charge in [-0.15, -0.1) is 0 Å². The topological polar surface area (TPSA) is 29.5 Å². The highest BCUT2D eigenvalue weighted by Crippen LogP contribution is 2.36. The average Bonchev–Trinajstić information content (AvgIpc) is 2.77. The minimum Gasteiger partial charge on any atom is -0.445 e. The summed E-state index contributed by atoms with van der Waals surface area (Å²) in [5.74, 6) is 0. The largest absolute Gasteiger partial charge is 0.445 e. The highest BCUT2D eigenvalue weighted by molar-refractivity contribution is 5.70. The van der Waals surface area contributed by atoms with Gasteiger partial charge in [0.05, 0.1) is 6.04 Å². The molecule has 22 heavy (non-hydrogen) atoms. The predicted molar refractivity (Wildman–Crippen MR) is 87.4 cm³/mol. The first-order valence-corrected chi connectivity index (χ1v) is 7.98. The molecule has 0 radical (unpaired) electrons. The lowest BCUT2D eigenvalue weighted by Crippen LogP contribution is -2.43. The molecule has 0 aliphatic carbocycles. The summed E-state index contributed by atoms with van der Waals surface area (Å²) in [4.78, 5) is 14.4. The van der Waals surface area contributed by atoms with Crippen LogP contribution in [0, 0.1) is 0 Å². The first kappa shape index (κ1) is 14.9. The first-order chi connectivity index (χ1) is 10.6. The molecule has 2 aliphatic rings. The lowest BCUT2D eigenvalue weighted by atomic mass is 10.00. The number of hydrogen-bond donors (Lipinski definition) is 0. The molecular formula is C19H23NO2. The van der Waals surface area contributed by atoms with Crippen molar-refractivity contribution in [2.75, 3.05) is 0 Å². The van der Waals surface area contributed by atoms with Gasteiger partial charge in [-0.25, -0.2) is 4.79 Å². The van der Waals surface area contributed by atoms with Crippen LogP contribution >= 0.6 is 0 Å². The minimum absolute atomic E-state index is 0.177.